The van der Waals surface area contributed by atoms with Crippen molar-refractivity contribution in [2.75, 3.05) is 0 Å². The third kappa shape index (κ3) is 2.81. The molecular formula is C14H17BFNO3. The first-order valence-corrected chi connectivity index (χ1v) is 6.40. The number of aldehydes is 1. The van der Waals surface area contributed by atoms with E-state index >= 15 is 0 Å². The molecule has 0 amide bonds. The van der Waals surface area contributed by atoms with Crippen molar-refractivity contribution in [1.29, 1.82) is 0 Å². The van der Waals surface area contributed by atoms with Crippen LogP contribution in [0.5, 0.6) is 0 Å². The SMILES string of the molecule is CC1(C)OB(/C=C/c2cc(C=O)c(F)cn2)OC1(C)C. The van der Waals surface area contributed by atoms with Crippen molar-refractivity contribution in [1.82, 2.24) is 4.98 Å². The Bertz CT molecular complexity index is 541. The van der Waals surface area contributed by atoms with Crippen molar-refractivity contribution < 1.29 is 18.5 Å². The van der Waals surface area contributed by atoms with Crippen LogP contribution in [0, 0.1) is 5.82 Å². The highest BCUT2D eigenvalue weighted by Crippen LogP contribution is 2.36. The minimum atomic E-state index is -0.632. The predicted molar refractivity (Wildman–Crippen MR) is 74.7 cm³/mol. The van der Waals surface area contributed by atoms with E-state index in [1.54, 1.807) is 12.1 Å². The summed E-state index contributed by atoms with van der Waals surface area (Å²) in [6.45, 7) is 7.84. The number of aromatic nitrogens is 1. The van der Waals surface area contributed by atoms with Gasteiger partial charge >= 0.3 is 7.12 Å². The van der Waals surface area contributed by atoms with Crippen LogP contribution in [0.15, 0.2) is 18.2 Å². The van der Waals surface area contributed by atoms with Gasteiger partial charge in [0.15, 0.2) is 12.1 Å². The van der Waals surface area contributed by atoms with Crippen LogP contribution in [-0.4, -0.2) is 29.6 Å². The van der Waals surface area contributed by atoms with Gasteiger partial charge in [-0.3, -0.25) is 9.78 Å². The lowest BCUT2D eigenvalue weighted by Crippen LogP contribution is -2.41. The quantitative estimate of drug-likeness (QED) is 0.629. The van der Waals surface area contributed by atoms with Crippen molar-refractivity contribution in [2.24, 2.45) is 0 Å². The maximum absolute atomic E-state index is 13.1. The van der Waals surface area contributed by atoms with Crippen molar-refractivity contribution in [2.45, 2.75) is 38.9 Å². The highest BCUT2D eigenvalue weighted by atomic mass is 19.1. The second kappa shape index (κ2) is 5.11. The fourth-order valence-electron chi connectivity index (χ4n) is 1.80. The van der Waals surface area contributed by atoms with Gasteiger partial charge in [-0.05, 0) is 39.8 Å². The summed E-state index contributed by atoms with van der Waals surface area (Å²) in [4.78, 5) is 14.6. The molecule has 1 saturated heterocycles. The molecule has 0 bridgehead atoms. The van der Waals surface area contributed by atoms with E-state index in [-0.39, 0.29) is 5.56 Å². The molecule has 2 heterocycles. The molecule has 0 radical (unpaired) electrons. The van der Waals surface area contributed by atoms with Crippen LogP contribution >= 0.6 is 0 Å². The van der Waals surface area contributed by atoms with Gasteiger partial charge in [0, 0.05) is 0 Å². The number of halogens is 1. The number of nitrogens with zero attached hydrogens (tertiary/aromatic N) is 1. The molecule has 0 atom stereocenters. The Morgan fingerprint density at radius 2 is 1.85 bits per heavy atom. The summed E-state index contributed by atoms with van der Waals surface area (Å²) in [6, 6.07) is 1.38. The second-order valence-electron chi connectivity index (χ2n) is 5.73. The fraction of sp³-hybridized carbons (Fsp3) is 0.429. The van der Waals surface area contributed by atoms with Gasteiger partial charge in [-0.1, -0.05) is 5.98 Å². The lowest BCUT2D eigenvalue weighted by atomic mass is 9.89. The average molecular weight is 277 g/mol. The molecule has 4 nitrogen and oxygen atoms in total. The molecule has 1 aliphatic rings. The van der Waals surface area contributed by atoms with Gasteiger partial charge in [-0.2, -0.15) is 0 Å². The molecule has 1 aliphatic heterocycles. The van der Waals surface area contributed by atoms with E-state index in [1.165, 1.54) is 6.07 Å². The molecule has 1 aromatic rings. The highest BCUT2D eigenvalue weighted by molar-refractivity contribution is 6.52. The van der Waals surface area contributed by atoms with Gasteiger partial charge < -0.3 is 9.31 Å². The molecular weight excluding hydrogens is 260 g/mol. The van der Waals surface area contributed by atoms with E-state index in [9.17, 15) is 9.18 Å². The van der Waals surface area contributed by atoms with Gasteiger partial charge in [0.1, 0.15) is 0 Å². The number of hydrogen-bond acceptors (Lipinski definition) is 4. The Balaban J connectivity index is 2.13. The first kappa shape index (κ1) is 14.9. The van der Waals surface area contributed by atoms with Crippen LogP contribution in [0.2, 0.25) is 0 Å². The van der Waals surface area contributed by atoms with Crippen LogP contribution in [0.3, 0.4) is 0 Å². The third-order valence-electron chi connectivity index (χ3n) is 3.73. The Labute approximate surface area is 118 Å². The van der Waals surface area contributed by atoms with Gasteiger partial charge in [0.25, 0.3) is 0 Å². The zero-order valence-corrected chi connectivity index (χ0v) is 12.0. The summed E-state index contributed by atoms with van der Waals surface area (Å²) in [5.74, 6) is 1.07. The summed E-state index contributed by atoms with van der Waals surface area (Å²) in [5, 5.41) is 0. The average Bonchev–Trinajstić information content (AvgIpc) is 2.57. The van der Waals surface area contributed by atoms with E-state index in [2.05, 4.69) is 4.98 Å². The van der Waals surface area contributed by atoms with E-state index in [1.807, 2.05) is 27.7 Å². The fourth-order valence-corrected chi connectivity index (χ4v) is 1.80. The van der Waals surface area contributed by atoms with Gasteiger partial charge in [0.2, 0.25) is 0 Å². The lowest BCUT2D eigenvalue weighted by molar-refractivity contribution is 0.00578. The zero-order valence-electron chi connectivity index (χ0n) is 12.0. The molecule has 20 heavy (non-hydrogen) atoms. The molecule has 1 aromatic heterocycles. The van der Waals surface area contributed by atoms with Crippen LogP contribution in [0.25, 0.3) is 6.08 Å². The Kier molecular flexibility index (Phi) is 3.80. The van der Waals surface area contributed by atoms with Crippen molar-refractivity contribution in [3.05, 3.63) is 35.3 Å². The summed E-state index contributed by atoms with van der Waals surface area (Å²) >= 11 is 0. The maximum atomic E-state index is 13.1. The molecule has 106 valence electrons. The lowest BCUT2D eigenvalue weighted by Gasteiger charge is -2.32. The first-order chi connectivity index (χ1) is 9.25. The largest absolute Gasteiger partial charge is 0.487 e. The van der Waals surface area contributed by atoms with E-state index < -0.39 is 24.1 Å². The number of carbonyl (C=O) groups is 1. The molecule has 6 heteroatoms. The summed E-state index contributed by atoms with van der Waals surface area (Å²) in [6.07, 6.45) is 3.13. The van der Waals surface area contributed by atoms with E-state index in [0.717, 1.165) is 6.20 Å². The summed E-state index contributed by atoms with van der Waals surface area (Å²) < 4.78 is 24.7. The van der Waals surface area contributed by atoms with Gasteiger partial charge in [0.05, 0.1) is 28.7 Å². The number of pyridine rings is 1. The highest BCUT2D eigenvalue weighted by Gasteiger charge is 2.49. The van der Waals surface area contributed by atoms with Crippen molar-refractivity contribution in [3.63, 3.8) is 0 Å². The van der Waals surface area contributed by atoms with Crippen molar-refractivity contribution in [3.8, 4) is 0 Å². The number of carbonyl (C=O) groups excluding carboxylic acids is 1. The Morgan fingerprint density at radius 1 is 1.25 bits per heavy atom. The number of hydrogen-bond donors (Lipinski definition) is 0. The molecule has 2 rings (SSSR count). The first-order valence-electron chi connectivity index (χ1n) is 6.40. The molecule has 0 N–H and O–H groups in total. The minimum absolute atomic E-state index is 0.0198. The van der Waals surface area contributed by atoms with Crippen LogP contribution in [0.4, 0.5) is 4.39 Å². The molecule has 0 aromatic carbocycles. The van der Waals surface area contributed by atoms with E-state index in [4.69, 9.17) is 9.31 Å². The van der Waals surface area contributed by atoms with Crippen LogP contribution in [-0.2, 0) is 9.31 Å². The van der Waals surface area contributed by atoms with Crippen molar-refractivity contribution >= 4 is 19.5 Å². The molecule has 0 aliphatic carbocycles. The van der Waals surface area contributed by atoms with Gasteiger partial charge in [-0.25, -0.2) is 4.39 Å². The molecule has 0 unspecified atom stereocenters. The second-order valence-corrected chi connectivity index (χ2v) is 5.73. The smallest absolute Gasteiger partial charge is 0.400 e. The topological polar surface area (TPSA) is 48.4 Å². The number of rotatable bonds is 3. The Morgan fingerprint density at radius 3 is 2.40 bits per heavy atom. The van der Waals surface area contributed by atoms with Crippen LogP contribution in [0.1, 0.15) is 43.7 Å². The normalized spacial score (nSPS) is 20.6. The predicted octanol–water partition coefficient (Wildman–Crippen LogP) is 2.68. The summed E-state index contributed by atoms with van der Waals surface area (Å²) in [7, 11) is -0.494. The van der Waals surface area contributed by atoms with E-state index in [0.29, 0.717) is 12.0 Å². The van der Waals surface area contributed by atoms with Gasteiger partial charge in [-0.15, -0.1) is 0 Å². The minimum Gasteiger partial charge on any atom is -0.400 e. The molecule has 1 fully saturated rings. The van der Waals surface area contributed by atoms with Crippen LogP contribution < -0.4 is 0 Å². The third-order valence-corrected chi connectivity index (χ3v) is 3.73. The zero-order chi connectivity index (χ0) is 15.0. The summed E-state index contributed by atoms with van der Waals surface area (Å²) in [5.41, 5.74) is -0.366. The molecule has 0 spiro atoms. The monoisotopic (exact) mass is 277 g/mol. The standard InChI is InChI=1S/C14H17BFNO3/c1-13(2)14(3,4)20-15(19-13)6-5-11-7-10(9-18)12(16)8-17-11/h5-9H,1-4H3/b6-5+. The Hall–Kier alpha value is -1.53. The molecule has 0 saturated carbocycles. The maximum Gasteiger partial charge on any atom is 0.487 e.